The molecule has 1 unspecified atom stereocenters. The third-order valence-electron chi connectivity index (χ3n) is 5.77. The van der Waals surface area contributed by atoms with E-state index in [-0.39, 0.29) is 12.1 Å². The number of hydrogen-bond donors (Lipinski definition) is 0. The van der Waals surface area contributed by atoms with Gasteiger partial charge >= 0.3 is 5.97 Å². The molecule has 0 aliphatic rings. The Hall–Kier alpha value is -2.43. The van der Waals surface area contributed by atoms with Crippen molar-refractivity contribution in [1.82, 2.24) is 9.97 Å². The highest BCUT2D eigenvalue weighted by atomic mass is 16.5. The number of rotatable bonds is 17. The lowest BCUT2D eigenvalue weighted by Gasteiger charge is -2.13. The lowest BCUT2D eigenvalue weighted by Crippen LogP contribution is -2.17. The molecule has 0 aliphatic heterocycles. The highest BCUT2D eigenvalue weighted by Crippen LogP contribution is 2.19. The van der Waals surface area contributed by atoms with Crippen LogP contribution in [0.2, 0.25) is 0 Å². The summed E-state index contributed by atoms with van der Waals surface area (Å²) in [5.74, 6) is 1.20. The number of carbonyl (C=O) groups is 1. The van der Waals surface area contributed by atoms with Gasteiger partial charge in [-0.3, -0.25) is 4.79 Å². The van der Waals surface area contributed by atoms with Gasteiger partial charge in [0.25, 0.3) is 0 Å². The molecule has 0 amide bonds. The summed E-state index contributed by atoms with van der Waals surface area (Å²) in [6, 6.07) is 8.55. The first-order chi connectivity index (χ1) is 16.1. The van der Waals surface area contributed by atoms with Crippen molar-refractivity contribution in [3.8, 4) is 17.1 Å². The van der Waals surface area contributed by atoms with Gasteiger partial charge in [0, 0.05) is 18.4 Å². The zero-order chi connectivity index (χ0) is 23.7. The Morgan fingerprint density at radius 3 is 2.21 bits per heavy atom. The van der Waals surface area contributed by atoms with E-state index in [0.717, 1.165) is 31.2 Å². The van der Waals surface area contributed by atoms with Crippen molar-refractivity contribution in [2.75, 3.05) is 6.61 Å². The van der Waals surface area contributed by atoms with Crippen molar-refractivity contribution >= 4 is 5.97 Å². The van der Waals surface area contributed by atoms with Gasteiger partial charge in [-0.15, -0.1) is 0 Å². The van der Waals surface area contributed by atoms with Gasteiger partial charge in [-0.2, -0.15) is 0 Å². The fourth-order valence-corrected chi connectivity index (χ4v) is 3.67. The first kappa shape index (κ1) is 26.8. The summed E-state index contributed by atoms with van der Waals surface area (Å²) in [7, 11) is 0. The maximum absolute atomic E-state index is 11.8. The van der Waals surface area contributed by atoms with Crippen molar-refractivity contribution in [2.45, 2.75) is 104 Å². The van der Waals surface area contributed by atoms with Crippen LogP contribution in [0.4, 0.5) is 0 Å². The number of esters is 1. The standard InChI is InChI=1S/C28H42N2O3/c1-4-6-8-9-10-12-13-24-15-17-25(18-16-24)28-29-21-26(22-30-28)32-20-19-23(3)33-27(31)14-11-7-5-2/h15-18,21-23H,4-14,19-20H2,1-3H3. The average molecular weight is 455 g/mol. The van der Waals surface area contributed by atoms with Gasteiger partial charge in [-0.05, 0) is 31.7 Å². The number of hydrogen-bond acceptors (Lipinski definition) is 5. The van der Waals surface area contributed by atoms with Crippen LogP contribution >= 0.6 is 0 Å². The number of aryl methyl sites for hydroxylation is 1. The van der Waals surface area contributed by atoms with Gasteiger partial charge in [0.2, 0.25) is 0 Å². The van der Waals surface area contributed by atoms with Crippen molar-refractivity contribution in [2.24, 2.45) is 0 Å². The third-order valence-corrected chi connectivity index (χ3v) is 5.77. The Kier molecular flexibility index (Phi) is 13.2. The molecule has 182 valence electrons. The maximum Gasteiger partial charge on any atom is 0.306 e. The van der Waals surface area contributed by atoms with Crippen LogP contribution in [0.1, 0.15) is 97.0 Å². The van der Waals surface area contributed by atoms with Crippen molar-refractivity contribution in [3.05, 3.63) is 42.2 Å². The lowest BCUT2D eigenvalue weighted by atomic mass is 10.0. The van der Waals surface area contributed by atoms with E-state index in [1.807, 2.05) is 6.92 Å². The first-order valence-electron chi connectivity index (χ1n) is 12.9. The quantitative estimate of drug-likeness (QED) is 0.185. The predicted octanol–water partition coefficient (Wildman–Crippen LogP) is 7.33. The SMILES string of the molecule is CCCCCCCCc1ccc(-c2ncc(OCCC(C)OC(=O)CCCCC)cn2)cc1. The summed E-state index contributed by atoms with van der Waals surface area (Å²) in [5, 5.41) is 0. The Morgan fingerprint density at radius 1 is 0.879 bits per heavy atom. The predicted molar refractivity (Wildman–Crippen MR) is 134 cm³/mol. The molecule has 1 heterocycles. The number of unbranched alkanes of at least 4 members (excludes halogenated alkanes) is 7. The second-order valence-corrected chi connectivity index (χ2v) is 8.85. The largest absolute Gasteiger partial charge is 0.490 e. The fraction of sp³-hybridized carbons (Fsp3) is 0.607. The maximum atomic E-state index is 11.8. The molecule has 1 aromatic heterocycles. The normalized spacial score (nSPS) is 11.8. The van der Waals surface area contributed by atoms with Crippen LogP contribution in [0.15, 0.2) is 36.7 Å². The molecule has 2 rings (SSSR count). The monoisotopic (exact) mass is 454 g/mol. The lowest BCUT2D eigenvalue weighted by molar-refractivity contribution is -0.148. The molecule has 0 aliphatic carbocycles. The topological polar surface area (TPSA) is 61.3 Å². The van der Waals surface area contributed by atoms with Crippen molar-refractivity contribution in [1.29, 1.82) is 0 Å². The zero-order valence-corrected chi connectivity index (χ0v) is 20.9. The van der Waals surface area contributed by atoms with E-state index >= 15 is 0 Å². The molecular weight excluding hydrogens is 412 g/mol. The molecule has 33 heavy (non-hydrogen) atoms. The average Bonchev–Trinajstić information content (AvgIpc) is 2.82. The highest BCUT2D eigenvalue weighted by molar-refractivity contribution is 5.69. The summed E-state index contributed by atoms with van der Waals surface area (Å²) in [6.07, 6.45) is 16.5. The van der Waals surface area contributed by atoms with Crippen LogP contribution in [-0.4, -0.2) is 28.6 Å². The Labute approximate surface area is 200 Å². The van der Waals surface area contributed by atoms with Gasteiger partial charge in [0.1, 0.15) is 6.10 Å². The number of benzene rings is 1. The second-order valence-electron chi connectivity index (χ2n) is 8.85. The van der Waals surface area contributed by atoms with E-state index < -0.39 is 0 Å². The van der Waals surface area contributed by atoms with Crippen LogP contribution in [0, 0.1) is 0 Å². The van der Waals surface area contributed by atoms with E-state index in [9.17, 15) is 4.79 Å². The molecule has 0 saturated carbocycles. The van der Waals surface area contributed by atoms with E-state index in [2.05, 4.69) is 48.1 Å². The number of nitrogens with zero attached hydrogens (tertiary/aromatic N) is 2. The molecule has 0 fully saturated rings. The minimum Gasteiger partial charge on any atom is -0.490 e. The van der Waals surface area contributed by atoms with Gasteiger partial charge in [0.05, 0.1) is 19.0 Å². The van der Waals surface area contributed by atoms with Crippen LogP contribution in [0.5, 0.6) is 5.75 Å². The second kappa shape index (κ2) is 16.2. The van der Waals surface area contributed by atoms with Crippen LogP contribution in [0.25, 0.3) is 11.4 Å². The van der Waals surface area contributed by atoms with E-state index in [4.69, 9.17) is 9.47 Å². The smallest absolute Gasteiger partial charge is 0.306 e. The van der Waals surface area contributed by atoms with Gasteiger partial charge in [0.15, 0.2) is 11.6 Å². The molecule has 2 aromatic rings. The molecular formula is C28H42N2O3. The number of ether oxygens (including phenoxy) is 2. The Balaban J connectivity index is 1.69. The molecule has 5 nitrogen and oxygen atoms in total. The fourth-order valence-electron chi connectivity index (χ4n) is 3.67. The summed E-state index contributed by atoms with van der Waals surface area (Å²) < 4.78 is 11.1. The van der Waals surface area contributed by atoms with E-state index in [1.165, 1.54) is 44.1 Å². The van der Waals surface area contributed by atoms with Crippen molar-refractivity contribution < 1.29 is 14.3 Å². The third kappa shape index (κ3) is 11.3. The number of aromatic nitrogens is 2. The van der Waals surface area contributed by atoms with Gasteiger partial charge < -0.3 is 9.47 Å². The van der Waals surface area contributed by atoms with Gasteiger partial charge in [-0.1, -0.05) is 83.1 Å². The number of carbonyl (C=O) groups excluding carboxylic acids is 1. The van der Waals surface area contributed by atoms with Crippen LogP contribution < -0.4 is 4.74 Å². The molecule has 5 heteroatoms. The van der Waals surface area contributed by atoms with Gasteiger partial charge in [-0.25, -0.2) is 9.97 Å². The summed E-state index contributed by atoms with van der Waals surface area (Å²) in [5.41, 5.74) is 2.38. The molecule has 1 aromatic carbocycles. The molecule has 0 N–H and O–H groups in total. The van der Waals surface area contributed by atoms with Crippen LogP contribution in [0.3, 0.4) is 0 Å². The summed E-state index contributed by atoms with van der Waals surface area (Å²) >= 11 is 0. The molecule has 0 radical (unpaired) electrons. The van der Waals surface area contributed by atoms with E-state index in [0.29, 0.717) is 31.0 Å². The Bertz CT molecular complexity index is 775. The molecule has 1 atom stereocenters. The molecule has 0 saturated heterocycles. The first-order valence-corrected chi connectivity index (χ1v) is 12.9. The van der Waals surface area contributed by atoms with Crippen LogP contribution in [-0.2, 0) is 16.0 Å². The molecule has 0 spiro atoms. The highest BCUT2D eigenvalue weighted by Gasteiger charge is 2.10. The van der Waals surface area contributed by atoms with E-state index in [1.54, 1.807) is 12.4 Å². The minimum atomic E-state index is -0.158. The van der Waals surface area contributed by atoms with Crippen molar-refractivity contribution in [3.63, 3.8) is 0 Å². The summed E-state index contributed by atoms with van der Waals surface area (Å²) in [4.78, 5) is 20.7. The summed E-state index contributed by atoms with van der Waals surface area (Å²) in [6.45, 7) is 6.73. The zero-order valence-electron chi connectivity index (χ0n) is 20.9. The molecule has 0 bridgehead atoms. The Morgan fingerprint density at radius 2 is 1.52 bits per heavy atom. The minimum absolute atomic E-state index is 0.123.